The molecule has 3 atom stereocenters. The van der Waals surface area contributed by atoms with Crippen LogP contribution in [0.1, 0.15) is 94.4 Å². The maximum absolute atomic E-state index is 13.2. The molecule has 13 nitrogen and oxygen atoms in total. The summed E-state index contributed by atoms with van der Waals surface area (Å²) in [6, 6.07) is -1.56. The highest BCUT2D eigenvalue weighted by atomic mass is 16.6. The van der Waals surface area contributed by atoms with Crippen molar-refractivity contribution in [1.82, 2.24) is 15.5 Å². The van der Waals surface area contributed by atoms with Gasteiger partial charge in [0.25, 0.3) is 0 Å². The number of aliphatic hydroxyl groups excluding tert-OH is 1. The quantitative estimate of drug-likeness (QED) is 0.209. The van der Waals surface area contributed by atoms with E-state index in [2.05, 4.69) is 34.0 Å². The smallest absolute Gasteiger partial charge is 0.408 e. The zero-order valence-corrected chi connectivity index (χ0v) is 28.4. The van der Waals surface area contributed by atoms with Gasteiger partial charge in [-0.3, -0.25) is 14.4 Å². The van der Waals surface area contributed by atoms with Crippen LogP contribution in [-0.2, 0) is 33.4 Å². The Morgan fingerprint density at radius 2 is 1.49 bits per heavy atom. The van der Waals surface area contributed by atoms with Crippen LogP contribution in [0.4, 0.5) is 4.79 Å². The summed E-state index contributed by atoms with van der Waals surface area (Å²) in [7, 11) is 4.51. The summed E-state index contributed by atoms with van der Waals surface area (Å²) in [4.78, 5) is 60.3. The first-order chi connectivity index (χ1) is 19.6. The topological polar surface area (TPSA) is 181 Å². The number of carbonyl (C=O) groups excluding carboxylic acids is 5. The van der Waals surface area contributed by atoms with E-state index in [1.54, 1.807) is 55.8 Å². The van der Waals surface area contributed by atoms with Gasteiger partial charge in [0.15, 0.2) is 0 Å². The summed E-state index contributed by atoms with van der Waals surface area (Å²) in [5.41, 5.74) is -1.23. The first-order valence-corrected chi connectivity index (χ1v) is 14.5. The van der Waals surface area contributed by atoms with Gasteiger partial charge in [0.05, 0.1) is 12.7 Å². The minimum atomic E-state index is -0.983. The number of methoxy groups -OCH3 is 2. The number of rotatable bonds is 10. The van der Waals surface area contributed by atoms with E-state index in [4.69, 9.17) is 14.9 Å². The molecular formula is C30H59N3O10. The van der Waals surface area contributed by atoms with Crippen molar-refractivity contribution in [1.29, 1.82) is 0 Å². The second-order valence-electron chi connectivity index (χ2n) is 12.4. The Kier molecular flexibility index (Phi) is 24.6. The lowest BCUT2D eigenvalue weighted by atomic mass is 10.1. The van der Waals surface area contributed by atoms with E-state index in [0.717, 1.165) is 6.42 Å². The molecule has 0 aromatic carbocycles. The first-order valence-electron chi connectivity index (χ1n) is 14.5. The molecule has 4 N–H and O–H groups in total. The lowest BCUT2D eigenvalue weighted by molar-refractivity contribution is -0.142. The van der Waals surface area contributed by atoms with E-state index in [1.165, 1.54) is 18.9 Å². The fourth-order valence-corrected chi connectivity index (χ4v) is 3.18. The lowest BCUT2D eigenvalue weighted by Gasteiger charge is -2.29. The van der Waals surface area contributed by atoms with Crippen molar-refractivity contribution in [2.75, 3.05) is 34.4 Å². The van der Waals surface area contributed by atoms with Gasteiger partial charge < -0.3 is 44.8 Å². The second-order valence-corrected chi connectivity index (χ2v) is 12.4. The molecule has 1 aliphatic heterocycles. The van der Waals surface area contributed by atoms with Crippen molar-refractivity contribution < 1.29 is 48.4 Å². The maximum atomic E-state index is 13.2. The molecule has 0 spiro atoms. The van der Waals surface area contributed by atoms with Gasteiger partial charge in [0.2, 0.25) is 11.8 Å². The van der Waals surface area contributed by atoms with E-state index in [0.29, 0.717) is 38.1 Å². The molecule has 1 heterocycles. The number of amides is 3. The van der Waals surface area contributed by atoms with Crippen LogP contribution in [0.5, 0.6) is 0 Å². The maximum Gasteiger partial charge on any atom is 0.408 e. The predicted octanol–water partition coefficient (Wildman–Crippen LogP) is 2.59. The Labute approximate surface area is 258 Å². The molecule has 3 amide bonds. The minimum Gasteiger partial charge on any atom is -0.469 e. The van der Waals surface area contributed by atoms with Gasteiger partial charge in [-0.25, -0.2) is 4.79 Å². The Morgan fingerprint density at radius 1 is 1.00 bits per heavy atom. The molecule has 1 rings (SSSR count). The van der Waals surface area contributed by atoms with Crippen LogP contribution in [-0.4, -0.2) is 109 Å². The first kappa shape index (κ1) is 44.7. The number of likely N-dealkylation sites (tertiary alicyclic amines) is 1. The van der Waals surface area contributed by atoms with Crippen molar-refractivity contribution in [3.63, 3.8) is 0 Å². The van der Waals surface area contributed by atoms with Crippen molar-refractivity contribution in [2.45, 2.75) is 124 Å². The van der Waals surface area contributed by atoms with Crippen molar-refractivity contribution in [3.8, 4) is 0 Å². The van der Waals surface area contributed by atoms with Crippen LogP contribution in [0.25, 0.3) is 0 Å². The number of nitrogens with one attached hydrogen (secondary N) is 2. The summed E-state index contributed by atoms with van der Waals surface area (Å²) >= 11 is 0. The molecule has 254 valence electrons. The number of esters is 1. The van der Waals surface area contributed by atoms with Gasteiger partial charge in [0, 0.05) is 33.7 Å². The third kappa shape index (κ3) is 29.1. The van der Waals surface area contributed by atoms with Crippen molar-refractivity contribution >= 4 is 30.2 Å². The largest absolute Gasteiger partial charge is 0.469 e. The summed E-state index contributed by atoms with van der Waals surface area (Å²) in [5.74, 6) is -0.604. The van der Waals surface area contributed by atoms with Gasteiger partial charge in [-0.1, -0.05) is 13.8 Å². The summed E-state index contributed by atoms with van der Waals surface area (Å²) in [6.07, 6.45) is 1.07. The predicted molar refractivity (Wildman–Crippen MR) is 164 cm³/mol. The molecule has 43 heavy (non-hydrogen) atoms. The molecule has 1 fully saturated rings. The lowest BCUT2D eigenvalue weighted by Crippen LogP contribution is -2.54. The van der Waals surface area contributed by atoms with Crippen LogP contribution in [0.15, 0.2) is 0 Å². The highest BCUT2D eigenvalue weighted by molar-refractivity contribution is 5.92. The Bertz CT molecular complexity index is 799. The average Bonchev–Trinajstić information content (AvgIpc) is 3.34. The number of hydrogen-bond acceptors (Lipinski definition) is 10. The highest BCUT2D eigenvalue weighted by Crippen LogP contribution is 2.20. The zero-order chi connectivity index (χ0) is 34.4. The van der Waals surface area contributed by atoms with Crippen LogP contribution >= 0.6 is 0 Å². The molecule has 0 aromatic rings. The third-order valence-corrected chi connectivity index (χ3v) is 4.91. The number of aliphatic hydroxyl groups is 2. The molecule has 2 unspecified atom stereocenters. The number of nitrogens with zero attached hydrogens (tertiary/aromatic N) is 1. The van der Waals surface area contributed by atoms with Gasteiger partial charge in [-0.15, -0.1) is 0 Å². The van der Waals surface area contributed by atoms with Crippen LogP contribution in [0.2, 0.25) is 0 Å². The van der Waals surface area contributed by atoms with Gasteiger partial charge >= 0.3 is 12.1 Å². The van der Waals surface area contributed by atoms with Crippen LogP contribution in [0, 0.1) is 5.92 Å². The average molecular weight is 622 g/mol. The number of aldehydes is 1. The molecule has 0 radical (unpaired) electrons. The van der Waals surface area contributed by atoms with E-state index < -0.39 is 47.4 Å². The fourth-order valence-electron chi connectivity index (χ4n) is 3.18. The van der Waals surface area contributed by atoms with Crippen molar-refractivity contribution in [2.24, 2.45) is 5.92 Å². The normalized spacial score (nSPS) is 15.6. The summed E-state index contributed by atoms with van der Waals surface area (Å²) in [5, 5.41) is 22.0. The van der Waals surface area contributed by atoms with E-state index in [-0.39, 0.29) is 18.7 Å². The zero-order valence-electron chi connectivity index (χ0n) is 28.4. The number of alkyl carbamates (subject to hydrolysis) is 1. The van der Waals surface area contributed by atoms with Crippen LogP contribution in [0.3, 0.4) is 0 Å². The molecule has 0 saturated carbocycles. The Morgan fingerprint density at radius 3 is 1.88 bits per heavy atom. The molecule has 1 aliphatic rings. The van der Waals surface area contributed by atoms with Crippen LogP contribution < -0.4 is 10.6 Å². The van der Waals surface area contributed by atoms with E-state index >= 15 is 0 Å². The minimum absolute atomic E-state index is 0.0399. The number of hydrogen-bond donors (Lipinski definition) is 4. The van der Waals surface area contributed by atoms with Gasteiger partial charge in [-0.2, -0.15) is 0 Å². The molecule has 0 bridgehead atoms. The van der Waals surface area contributed by atoms with Gasteiger partial charge in [-0.05, 0) is 80.1 Å². The fraction of sp³-hybridized carbons (Fsp3) is 0.833. The van der Waals surface area contributed by atoms with E-state index in [1.807, 2.05) is 0 Å². The third-order valence-electron chi connectivity index (χ3n) is 4.91. The van der Waals surface area contributed by atoms with Crippen molar-refractivity contribution in [3.05, 3.63) is 0 Å². The van der Waals surface area contributed by atoms with Gasteiger partial charge in [0.1, 0.15) is 30.1 Å². The molecule has 0 aliphatic carbocycles. The molecule has 13 heteroatoms. The number of ether oxygens (including phenoxy) is 3. The second kappa shape index (κ2) is 23.7. The SMILES string of the molecule is CC(C)(C)O.CC(O)C=O.COC.COC(=O)CC[C@H](NC(=O)OC(C)(C)C)C(=O)N1CCCC1C(=O)NCCC(C)C. The molecule has 0 aromatic heterocycles. The molecular weight excluding hydrogens is 562 g/mol. The summed E-state index contributed by atoms with van der Waals surface area (Å²) in [6.45, 7) is 16.9. The Hall–Kier alpha value is -2.77. The van der Waals surface area contributed by atoms with E-state index in [9.17, 15) is 24.0 Å². The summed E-state index contributed by atoms with van der Waals surface area (Å²) < 4.78 is 14.1. The molecule has 1 saturated heterocycles. The number of carbonyl (C=O) groups is 5. The Balaban J connectivity index is -0.00000103. The monoisotopic (exact) mass is 621 g/mol. The highest BCUT2D eigenvalue weighted by Gasteiger charge is 2.38. The standard InChI is InChI=1S/C21H37N3O6.C4H10O.C3H6O2.C2H6O/c1-14(2)11-12-22-18(26)16-8-7-13-24(16)19(27)15(9-10-17(25)29-6)23-20(28)30-21(3,4)5;1-4(2,3)5;1-3(5)2-4;1-3-2/h14-16H,7-13H2,1-6H3,(H,22,26)(H,23,28);5H,1-3H3;2-3,5H,1H3;1-2H3/t15-,16?;;;/m0.../s1.